The van der Waals surface area contributed by atoms with E-state index >= 15 is 0 Å². The average Bonchev–Trinajstić information content (AvgIpc) is 2.64. The van der Waals surface area contributed by atoms with E-state index in [4.69, 9.17) is 4.74 Å². The lowest BCUT2D eigenvalue weighted by molar-refractivity contribution is 0.102. The molecule has 25 heavy (non-hydrogen) atoms. The molecule has 0 aliphatic rings. The molecule has 6 heteroatoms. The Kier molecular flexibility index (Phi) is 4.89. The molecule has 1 heterocycles. The van der Waals surface area contributed by atoms with Crippen molar-refractivity contribution in [2.45, 2.75) is 0 Å². The number of carbonyl (C=O) groups excluding carboxylic acids is 1. The highest BCUT2D eigenvalue weighted by Gasteiger charge is 2.09. The fourth-order valence-corrected chi connectivity index (χ4v) is 2.23. The minimum atomic E-state index is -0.337. The van der Waals surface area contributed by atoms with E-state index in [1.807, 2.05) is 0 Å². The second-order valence-electron chi connectivity index (χ2n) is 5.25. The Morgan fingerprint density at radius 1 is 1.00 bits per heavy atom. The number of aromatic nitrogens is 1. The Hall–Kier alpha value is -3.41. The van der Waals surface area contributed by atoms with Crippen molar-refractivity contribution in [2.24, 2.45) is 0 Å². The number of ether oxygens (including phenoxy) is 1. The Bertz CT molecular complexity index is 882. The van der Waals surface area contributed by atoms with Crippen LogP contribution in [0.4, 0.5) is 21.5 Å². The summed E-state index contributed by atoms with van der Waals surface area (Å²) in [6, 6.07) is 16.4. The lowest BCUT2D eigenvalue weighted by Gasteiger charge is -2.09. The molecule has 0 saturated heterocycles. The summed E-state index contributed by atoms with van der Waals surface area (Å²) in [5.41, 5.74) is 2.27. The number of amides is 1. The molecule has 1 aromatic heterocycles. The molecule has 2 aromatic carbocycles. The van der Waals surface area contributed by atoms with Gasteiger partial charge in [0.25, 0.3) is 5.91 Å². The number of carbonyl (C=O) groups is 1. The summed E-state index contributed by atoms with van der Waals surface area (Å²) in [7, 11) is 1.56. The molecule has 0 spiro atoms. The molecule has 2 N–H and O–H groups in total. The van der Waals surface area contributed by atoms with Gasteiger partial charge in [-0.15, -0.1) is 0 Å². The van der Waals surface area contributed by atoms with Crippen LogP contribution in [-0.2, 0) is 0 Å². The number of benzene rings is 2. The molecule has 0 aliphatic carbocycles. The van der Waals surface area contributed by atoms with Crippen LogP contribution in [0.2, 0.25) is 0 Å². The van der Waals surface area contributed by atoms with Gasteiger partial charge in [-0.2, -0.15) is 0 Å². The van der Waals surface area contributed by atoms with Crippen LogP contribution in [0, 0.1) is 5.82 Å². The number of hydrogen-bond donors (Lipinski definition) is 2. The Balaban J connectivity index is 1.73. The highest BCUT2D eigenvalue weighted by atomic mass is 19.1. The van der Waals surface area contributed by atoms with Gasteiger partial charge < -0.3 is 15.4 Å². The van der Waals surface area contributed by atoms with Gasteiger partial charge in [-0.3, -0.25) is 9.78 Å². The maximum atomic E-state index is 13.0. The van der Waals surface area contributed by atoms with Crippen molar-refractivity contribution in [2.75, 3.05) is 17.7 Å². The Labute approximate surface area is 144 Å². The normalized spacial score (nSPS) is 10.2. The van der Waals surface area contributed by atoms with Gasteiger partial charge >= 0.3 is 0 Å². The van der Waals surface area contributed by atoms with E-state index in [0.29, 0.717) is 22.8 Å². The third-order valence-electron chi connectivity index (χ3n) is 3.45. The monoisotopic (exact) mass is 337 g/mol. The van der Waals surface area contributed by atoms with Gasteiger partial charge in [-0.25, -0.2) is 4.39 Å². The third kappa shape index (κ3) is 4.32. The van der Waals surface area contributed by atoms with E-state index in [-0.39, 0.29) is 17.4 Å². The largest absolute Gasteiger partial charge is 0.497 e. The van der Waals surface area contributed by atoms with Gasteiger partial charge in [0.1, 0.15) is 17.3 Å². The number of halogens is 1. The summed E-state index contributed by atoms with van der Waals surface area (Å²) in [5.74, 6) is 0.00660. The van der Waals surface area contributed by atoms with Crippen molar-refractivity contribution >= 4 is 23.0 Å². The number of methoxy groups -OCH3 is 1. The minimum absolute atomic E-state index is 0.259. The molecule has 0 fully saturated rings. The van der Waals surface area contributed by atoms with Crippen molar-refractivity contribution in [3.63, 3.8) is 0 Å². The Morgan fingerprint density at radius 3 is 2.56 bits per heavy atom. The first-order valence-electron chi connectivity index (χ1n) is 7.58. The molecule has 0 unspecified atom stereocenters. The molecule has 0 saturated carbocycles. The lowest BCUT2D eigenvalue weighted by Crippen LogP contribution is -2.13. The summed E-state index contributed by atoms with van der Waals surface area (Å²) in [5, 5.41) is 5.87. The van der Waals surface area contributed by atoms with Crippen LogP contribution < -0.4 is 15.4 Å². The van der Waals surface area contributed by atoms with Crippen LogP contribution in [0.1, 0.15) is 10.5 Å². The van der Waals surface area contributed by atoms with E-state index in [0.717, 1.165) is 0 Å². The Morgan fingerprint density at radius 2 is 1.80 bits per heavy atom. The van der Waals surface area contributed by atoms with Crippen molar-refractivity contribution in [1.29, 1.82) is 0 Å². The predicted octanol–water partition coefficient (Wildman–Crippen LogP) is 4.23. The first kappa shape index (κ1) is 16.4. The molecule has 1 amide bonds. The van der Waals surface area contributed by atoms with Crippen LogP contribution in [0.25, 0.3) is 0 Å². The number of hydrogen-bond acceptors (Lipinski definition) is 4. The van der Waals surface area contributed by atoms with E-state index in [1.54, 1.807) is 55.6 Å². The van der Waals surface area contributed by atoms with Crippen molar-refractivity contribution in [3.05, 3.63) is 78.4 Å². The number of pyridine rings is 1. The van der Waals surface area contributed by atoms with E-state index in [9.17, 15) is 9.18 Å². The molecule has 0 aliphatic heterocycles. The minimum Gasteiger partial charge on any atom is -0.497 e. The fourth-order valence-electron chi connectivity index (χ4n) is 2.23. The van der Waals surface area contributed by atoms with E-state index in [2.05, 4.69) is 15.6 Å². The predicted molar refractivity (Wildman–Crippen MR) is 94.9 cm³/mol. The van der Waals surface area contributed by atoms with Crippen LogP contribution in [0.15, 0.2) is 66.9 Å². The number of anilines is 3. The third-order valence-corrected chi connectivity index (χ3v) is 3.45. The summed E-state index contributed by atoms with van der Waals surface area (Å²) in [6.45, 7) is 0. The summed E-state index contributed by atoms with van der Waals surface area (Å²) >= 11 is 0. The molecule has 0 bridgehead atoms. The number of rotatable bonds is 5. The molecule has 0 radical (unpaired) electrons. The molecule has 5 nitrogen and oxygen atoms in total. The van der Waals surface area contributed by atoms with Gasteiger partial charge in [-0.05, 0) is 48.5 Å². The zero-order chi connectivity index (χ0) is 17.6. The zero-order valence-electron chi connectivity index (χ0n) is 13.5. The first-order valence-corrected chi connectivity index (χ1v) is 7.58. The van der Waals surface area contributed by atoms with Gasteiger partial charge in [0.15, 0.2) is 0 Å². The highest BCUT2D eigenvalue weighted by molar-refractivity contribution is 6.03. The molecular weight excluding hydrogens is 321 g/mol. The van der Waals surface area contributed by atoms with Crippen molar-refractivity contribution < 1.29 is 13.9 Å². The quantitative estimate of drug-likeness (QED) is 0.731. The van der Waals surface area contributed by atoms with Crippen LogP contribution in [0.3, 0.4) is 0 Å². The second kappa shape index (κ2) is 7.44. The van der Waals surface area contributed by atoms with Gasteiger partial charge in [-0.1, -0.05) is 6.07 Å². The fraction of sp³-hybridized carbons (Fsp3) is 0.0526. The van der Waals surface area contributed by atoms with E-state index in [1.165, 1.54) is 18.3 Å². The average molecular weight is 337 g/mol. The summed E-state index contributed by atoms with van der Waals surface area (Å²) in [4.78, 5) is 16.5. The standard InChI is InChI=1S/C19H16FN3O2/c1-25-17-4-2-3-15(11-17)23-19(24)18-12-16(9-10-21-18)22-14-7-5-13(20)6-8-14/h2-12H,1H3,(H,21,22)(H,23,24). The second-order valence-corrected chi connectivity index (χ2v) is 5.25. The van der Waals surface area contributed by atoms with Crippen molar-refractivity contribution in [1.82, 2.24) is 4.98 Å². The highest BCUT2D eigenvalue weighted by Crippen LogP contribution is 2.19. The van der Waals surface area contributed by atoms with Gasteiger partial charge in [0, 0.05) is 29.3 Å². The molecule has 3 aromatic rings. The van der Waals surface area contributed by atoms with Gasteiger partial charge in [0.05, 0.1) is 7.11 Å². The summed E-state index contributed by atoms with van der Waals surface area (Å²) < 4.78 is 18.1. The first-order chi connectivity index (χ1) is 12.1. The molecular formula is C19H16FN3O2. The maximum absolute atomic E-state index is 13.0. The zero-order valence-corrected chi connectivity index (χ0v) is 13.5. The van der Waals surface area contributed by atoms with Crippen molar-refractivity contribution in [3.8, 4) is 5.75 Å². The van der Waals surface area contributed by atoms with Crippen LogP contribution in [-0.4, -0.2) is 18.0 Å². The topological polar surface area (TPSA) is 63.2 Å². The molecule has 3 rings (SSSR count). The summed E-state index contributed by atoms with van der Waals surface area (Å²) in [6.07, 6.45) is 1.53. The lowest BCUT2D eigenvalue weighted by atomic mass is 10.2. The molecule has 0 atom stereocenters. The molecule has 126 valence electrons. The maximum Gasteiger partial charge on any atom is 0.274 e. The number of nitrogens with zero attached hydrogens (tertiary/aromatic N) is 1. The number of nitrogens with one attached hydrogen (secondary N) is 2. The SMILES string of the molecule is COc1cccc(NC(=O)c2cc(Nc3ccc(F)cc3)ccn2)c1. The van der Waals surface area contributed by atoms with E-state index < -0.39 is 0 Å². The van der Waals surface area contributed by atoms with Crippen LogP contribution in [0.5, 0.6) is 5.75 Å². The van der Waals surface area contributed by atoms with Crippen LogP contribution >= 0.6 is 0 Å². The van der Waals surface area contributed by atoms with Gasteiger partial charge in [0.2, 0.25) is 0 Å². The smallest absolute Gasteiger partial charge is 0.274 e.